The highest BCUT2D eigenvalue weighted by Crippen LogP contribution is 2.41. The van der Waals surface area contributed by atoms with Crippen molar-refractivity contribution < 1.29 is 5.11 Å². The normalized spacial score (nSPS) is 30.0. The fraction of sp³-hybridized carbons (Fsp3) is 0.556. The second-order valence-corrected chi connectivity index (χ2v) is 6.86. The third-order valence-electron chi connectivity index (χ3n) is 5.70. The standard InChI is InChI=1S/C18H25N3O/c1-11(22)14-10-21-8-7-13-12-5-3-4-6-15(12)20-18(13)17(21)9-16(14)19-2/h3-6,11,14,16-17,19-20,22H,7-10H2,1-2H3/t11-,14?,16-,17-/m0/s1. The van der Waals surface area contributed by atoms with Gasteiger partial charge >= 0.3 is 0 Å². The molecule has 2 aliphatic rings. The Morgan fingerprint density at radius 2 is 2.18 bits per heavy atom. The van der Waals surface area contributed by atoms with Crippen LogP contribution in [0.1, 0.15) is 30.6 Å². The molecule has 0 bridgehead atoms. The summed E-state index contributed by atoms with van der Waals surface area (Å²) in [6.07, 6.45) is 1.90. The van der Waals surface area contributed by atoms with Crippen LogP contribution in [-0.2, 0) is 6.42 Å². The monoisotopic (exact) mass is 299 g/mol. The van der Waals surface area contributed by atoms with Crippen molar-refractivity contribution in [3.05, 3.63) is 35.5 Å². The predicted molar refractivity (Wildman–Crippen MR) is 89.0 cm³/mol. The lowest BCUT2D eigenvalue weighted by Crippen LogP contribution is -2.54. The Bertz CT molecular complexity index is 678. The lowest BCUT2D eigenvalue weighted by atomic mass is 9.80. The Morgan fingerprint density at radius 3 is 2.95 bits per heavy atom. The molecule has 4 nitrogen and oxygen atoms in total. The average Bonchev–Trinajstić information content (AvgIpc) is 2.92. The largest absolute Gasteiger partial charge is 0.393 e. The van der Waals surface area contributed by atoms with E-state index in [0.717, 1.165) is 25.9 Å². The quantitative estimate of drug-likeness (QED) is 0.795. The molecule has 2 aromatic rings. The van der Waals surface area contributed by atoms with E-state index in [2.05, 4.69) is 39.5 Å². The number of aromatic nitrogens is 1. The van der Waals surface area contributed by atoms with Gasteiger partial charge in [0.05, 0.1) is 12.1 Å². The number of hydrogen-bond donors (Lipinski definition) is 3. The smallest absolute Gasteiger partial charge is 0.0567 e. The molecule has 0 radical (unpaired) electrons. The van der Waals surface area contributed by atoms with Crippen molar-refractivity contribution in [2.45, 2.75) is 38.0 Å². The number of nitrogens with one attached hydrogen (secondary N) is 2. The van der Waals surface area contributed by atoms with Gasteiger partial charge in [-0.05, 0) is 38.4 Å². The molecule has 1 unspecified atom stereocenters. The molecule has 3 heterocycles. The number of aromatic amines is 1. The van der Waals surface area contributed by atoms with Crippen LogP contribution in [0, 0.1) is 5.92 Å². The summed E-state index contributed by atoms with van der Waals surface area (Å²) in [7, 11) is 2.02. The first-order chi connectivity index (χ1) is 10.7. The van der Waals surface area contributed by atoms with Crippen molar-refractivity contribution >= 4 is 10.9 Å². The summed E-state index contributed by atoms with van der Waals surface area (Å²) >= 11 is 0. The maximum Gasteiger partial charge on any atom is 0.0567 e. The van der Waals surface area contributed by atoms with Crippen molar-refractivity contribution in [2.75, 3.05) is 20.1 Å². The van der Waals surface area contributed by atoms with Gasteiger partial charge in [-0.15, -0.1) is 0 Å². The van der Waals surface area contributed by atoms with Gasteiger partial charge in [-0.2, -0.15) is 0 Å². The number of para-hydroxylation sites is 1. The SMILES string of the molecule is CN[C@H]1C[C@H]2c3[nH]c4ccccc4c3CCN2CC1[C@H](C)O. The zero-order valence-corrected chi connectivity index (χ0v) is 13.3. The first-order valence-corrected chi connectivity index (χ1v) is 8.38. The van der Waals surface area contributed by atoms with Gasteiger partial charge in [0.1, 0.15) is 0 Å². The van der Waals surface area contributed by atoms with Crippen molar-refractivity contribution in [3.8, 4) is 0 Å². The summed E-state index contributed by atoms with van der Waals surface area (Å²) in [5.41, 5.74) is 4.16. The van der Waals surface area contributed by atoms with Gasteiger partial charge < -0.3 is 15.4 Å². The molecule has 4 heteroatoms. The van der Waals surface area contributed by atoms with Gasteiger partial charge in [0.2, 0.25) is 0 Å². The lowest BCUT2D eigenvalue weighted by Gasteiger charge is -2.47. The third kappa shape index (κ3) is 2.09. The van der Waals surface area contributed by atoms with E-state index in [1.807, 2.05) is 14.0 Å². The Balaban J connectivity index is 1.72. The number of hydrogen-bond acceptors (Lipinski definition) is 3. The van der Waals surface area contributed by atoms with Crippen LogP contribution in [0.15, 0.2) is 24.3 Å². The molecule has 0 saturated carbocycles. The zero-order chi connectivity index (χ0) is 15.3. The maximum absolute atomic E-state index is 10.1. The molecule has 4 rings (SSSR count). The van der Waals surface area contributed by atoms with E-state index in [0.29, 0.717) is 18.0 Å². The number of piperidine rings is 1. The summed E-state index contributed by atoms with van der Waals surface area (Å²) in [5.74, 6) is 0.312. The Kier molecular flexibility index (Phi) is 3.48. The van der Waals surface area contributed by atoms with E-state index in [1.54, 1.807) is 0 Å². The summed E-state index contributed by atoms with van der Waals surface area (Å²) in [6.45, 7) is 4.00. The van der Waals surface area contributed by atoms with Crippen LogP contribution in [0.3, 0.4) is 0 Å². The zero-order valence-electron chi connectivity index (χ0n) is 13.3. The second-order valence-electron chi connectivity index (χ2n) is 6.86. The summed E-state index contributed by atoms with van der Waals surface area (Å²) in [6, 6.07) is 9.46. The molecule has 0 aliphatic carbocycles. The molecule has 0 amide bonds. The van der Waals surface area contributed by atoms with E-state index in [4.69, 9.17) is 0 Å². The summed E-state index contributed by atoms with van der Waals surface area (Å²) in [5, 5.41) is 14.9. The Labute approximate surface area is 131 Å². The fourth-order valence-electron chi connectivity index (χ4n) is 4.49. The molecular formula is C18H25N3O. The van der Waals surface area contributed by atoms with Crippen molar-refractivity contribution in [2.24, 2.45) is 5.92 Å². The van der Waals surface area contributed by atoms with Crippen LogP contribution in [0.4, 0.5) is 0 Å². The van der Waals surface area contributed by atoms with Crippen LogP contribution < -0.4 is 5.32 Å². The highest BCUT2D eigenvalue weighted by atomic mass is 16.3. The van der Waals surface area contributed by atoms with Crippen LogP contribution in [0.25, 0.3) is 10.9 Å². The topological polar surface area (TPSA) is 51.3 Å². The molecule has 118 valence electrons. The molecule has 1 aromatic heterocycles. The van der Waals surface area contributed by atoms with E-state index in [-0.39, 0.29) is 6.10 Å². The fourth-order valence-corrected chi connectivity index (χ4v) is 4.49. The average molecular weight is 299 g/mol. The number of fused-ring (bicyclic) bond motifs is 5. The van der Waals surface area contributed by atoms with Gasteiger partial charge in [-0.1, -0.05) is 18.2 Å². The highest BCUT2D eigenvalue weighted by Gasteiger charge is 2.40. The van der Waals surface area contributed by atoms with Crippen LogP contribution >= 0.6 is 0 Å². The number of aliphatic hydroxyl groups excluding tert-OH is 1. The summed E-state index contributed by atoms with van der Waals surface area (Å²) < 4.78 is 0. The minimum atomic E-state index is -0.262. The van der Waals surface area contributed by atoms with Crippen molar-refractivity contribution in [1.29, 1.82) is 0 Å². The number of rotatable bonds is 2. The van der Waals surface area contributed by atoms with Gasteiger partial charge in [0.25, 0.3) is 0 Å². The Hall–Kier alpha value is -1.36. The maximum atomic E-state index is 10.1. The molecule has 0 spiro atoms. The van der Waals surface area contributed by atoms with E-state index in [9.17, 15) is 5.11 Å². The van der Waals surface area contributed by atoms with Crippen molar-refractivity contribution in [3.63, 3.8) is 0 Å². The molecule has 3 N–H and O–H groups in total. The van der Waals surface area contributed by atoms with E-state index in [1.165, 1.54) is 22.2 Å². The minimum absolute atomic E-state index is 0.262. The third-order valence-corrected chi connectivity index (χ3v) is 5.70. The molecule has 1 saturated heterocycles. The van der Waals surface area contributed by atoms with Crippen LogP contribution in [0.5, 0.6) is 0 Å². The molecule has 4 atom stereocenters. The second kappa shape index (κ2) is 5.37. The lowest BCUT2D eigenvalue weighted by molar-refractivity contribution is 0.00758. The van der Waals surface area contributed by atoms with Crippen LogP contribution in [-0.4, -0.2) is 47.3 Å². The van der Waals surface area contributed by atoms with Gasteiger partial charge in [-0.3, -0.25) is 4.90 Å². The molecule has 1 fully saturated rings. The molecule has 2 aliphatic heterocycles. The first kappa shape index (κ1) is 14.2. The first-order valence-electron chi connectivity index (χ1n) is 8.38. The number of benzene rings is 1. The number of aliphatic hydroxyl groups is 1. The predicted octanol–water partition coefficient (Wildman–Crippen LogP) is 2.06. The molecule has 22 heavy (non-hydrogen) atoms. The molecular weight excluding hydrogens is 274 g/mol. The molecule has 1 aromatic carbocycles. The van der Waals surface area contributed by atoms with Gasteiger partial charge in [-0.25, -0.2) is 0 Å². The van der Waals surface area contributed by atoms with E-state index >= 15 is 0 Å². The summed E-state index contributed by atoms with van der Waals surface area (Å²) in [4.78, 5) is 6.23. The highest BCUT2D eigenvalue weighted by molar-refractivity contribution is 5.85. The van der Waals surface area contributed by atoms with Crippen LogP contribution in [0.2, 0.25) is 0 Å². The Morgan fingerprint density at radius 1 is 1.36 bits per heavy atom. The number of H-pyrrole nitrogens is 1. The van der Waals surface area contributed by atoms with Gasteiger partial charge in [0, 0.05) is 41.6 Å². The van der Waals surface area contributed by atoms with Gasteiger partial charge in [0.15, 0.2) is 0 Å². The van der Waals surface area contributed by atoms with Crippen molar-refractivity contribution in [1.82, 2.24) is 15.2 Å². The minimum Gasteiger partial charge on any atom is -0.393 e. The van der Waals surface area contributed by atoms with E-state index < -0.39 is 0 Å². The number of nitrogens with zero attached hydrogens (tertiary/aromatic N) is 1.